The van der Waals surface area contributed by atoms with Crippen molar-refractivity contribution in [2.24, 2.45) is 0 Å². The highest BCUT2D eigenvalue weighted by atomic mass is 16.5. The Morgan fingerprint density at radius 3 is 1.32 bits per heavy atom. The van der Waals surface area contributed by atoms with Crippen LogP contribution in [0.25, 0.3) is 12.2 Å². The molecule has 4 rings (SSSR count). The van der Waals surface area contributed by atoms with E-state index in [-0.39, 0.29) is 22.6 Å². The van der Waals surface area contributed by atoms with Gasteiger partial charge in [-0.3, -0.25) is 0 Å². The molecule has 0 atom stereocenters. The zero-order valence-electron chi connectivity index (χ0n) is 20.2. The largest absolute Gasteiger partial charge is 0.478 e. The van der Waals surface area contributed by atoms with Crippen LogP contribution in [0, 0.1) is 0 Å². The third-order valence-corrected chi connectivity index (χ3v) is 6.09. The summed E-state index contributed by atoms with van der Waals surface area (Å²) in [5.41, 5.74) is 4.92. The van der Waals surface area contributed by atoms with Gasteiger partial charge >= 0.3 is 11.9 Å². The van der Waals surface area contributed by atoms with Gasteiger partial charge in [0, 0.05) is 0 Å². The van der Waals surface area contributed by atoms with Crippen molar-refractivity contribution in [2.45, 2.75) is 12.8 Å². The Bertz CT molecular complexity index is 1350. The van der Waals surface area contributed by atoms with Crippen molar-refractivity contribution in [1.29, 1.82) is 0 Å². The first-order valence-electron chi connectivity index (χ1n) is 11.7. The fourth-order valence-corrected chi connectivity index (χ4v) is 4.20. The number of carbonyl (C=O) groups is 2. The van der Waals surface area contributed by atoms with Gasteiger partial charge in [0.25, 0.3) is 0 Å². The van der Waals surface area contributed by atoms with Crippen molar-refractivity contribution < 1.29 is 24.5 Å². The number of hydrogen-bond acceptors (Lipinski definition) is 3. The molecule has 0 radical (unpaired) electrons. The van der Waals surface area contributed by atoms with E-state index < -0.39 is 11.9 Å². The first kappa shape index (κ1) is 25.2. The summed E-state index contributed by atoms with van der Waals surface area (Å²) in [4.78, 5) is 24.6. The van der Waals surface area contributed by atoms with Crippen LogP contribution in [0.1, 0.15) is 54.1 Å². The van der Waals surface area contributed by atoms with Crippen LogP contribution in [0.5, 0.6) is 11.5 Å². The van der Waals surface area contributed by atoms with E-state index in [1.807, 2.05) is 48.5 Å². The topological polar surface area (TPSA) is 83.8 Å². The molecular formula is C32H26O5. The maximum atomic E-state index is 12.3. The summed E-state index contributed by atoms with van der Waals surface area (Å²) < 4.78 is 6.00. The summed E-state index contributed by atoms with van der Waals surface area (Å²) in [6, 6.07) is 25.3. The van der Waals surface area contributed by atoms with Crippen LogP contribution >= 0.6 is 0 Å². The fourth-order valence-electron chi connectivity index (χ4n) is 4.20. The molecule has 5 heteroatoms. The smallest absolute Gasteiger partial charge is 0.339 e. The van der Waals surface area contributed by atoms with E-state index >= 15 is 0 Å². The summed E-state index contributed by atoms with van der Waals surface area (Å²) in [5.74, 6) is -2.13. The first-order chi connectivity index (χ1) is 17.9. The number of rotatable bonds is 10. The molecule has 184 valence electrons. The third-order valence-electron chi connectivity index (χ3n) is 6.09. The van der Waals surface area contributed by atoms with Gasteiger partial charge in [0.15, 0.2) is 0 Å². The molecule has 0 saturated carbocycles. The summed E-state index contributed by atoms with van der Waals surface area (Å²) in [7, 11) is 0. The minimum atomic E-state index is -1.15. The first-order valence-corrected chi connectivity index (χ1v) is 11.7. The lowest BCUT2D eigenvalue weighted by Crippen LogP contribution is -2.09. The van der Waals surface area contributed by atoms with Crippen LogP contribution in [0.15, 0.2) is 98.1 Å². The molecule has 5 nitrogen and oxygen atoms in total. The van der Waals surface area contributed by atoms with Gasteiger partial charge in [-0.1, -0.05) is 98.1 Å². The molecule has 0 amide bonds. The number of aromatic carboxylic acids is 2. The molecule has 0 spiro atoms. The fraction of sp³-hybridized carbons (Fsp3) is 0.0625. The van der Waals surface area contributed by atoms with Gasteiger partial charge in [-0.15, -0.1) is 0 Å². The van der Waals surface area contributed by atoms with Gasteiger partial charge in [-0.25, -0.2) is 9.59 Å². The summed E-state index contributed by atoms with van der Waals surface area (Å²) in [6.07, 6.45) is 4.24. The summed E-state index contributed by atoms with van der Waals surface area (Å²) in [6.45, 7) is 7.50. The Morgan fingerprint density at radius 1 is 0.622 bits per heavy atom. The second-order valence-corrected chi connectivity index (χ2v) is 8.54. The monoisotopic (exact) mass is 490 g/mol. The predicted octanol–water partition coefficient (Wildman–Crippen LogP) is 7.34. The number of carboxylic acid groups (broad SMARTS) is 2. The Hall–Kier alpha value is -4.90. The van der Waals surface area contributed by atoms with Crippen molar-refractivity contribution in [3.8, 4) is 11.5 Å². The molecule has 0 fully saturated rings. The van der Waals surface area contributed by atoms with Gasteiger partial charge in [0.2, 0.25) is 0 Å². The van der Waals surface area contributed by atoms with Crippen LogP contribution in [0.3, 0.4) is 0 Å². The molecule has 0 aliphatic rings. The van der Waals surface area contributed by atoms with Gasteiger partial charge < -0.3 is 14.9 Å². The lowest BCUT2D eigenvalue weighted by atomic mass is 9.97. The standard InChI is InChI=1S/C32H26O5/c1-3-21-11-15-23(16-12-21)19-25-7-5-9-27(29(25)31(33)34)37-28-10-6-8-26(30(28)32(35)36)20-24-17-13-22(4-2)14-18-24/h3-18H,1-2,19-20H2,(H,33,34)(H,35,36). The van der Waals surface area contributed by atoms with E-state index in [9.17, 15) is 19.8 Å². The highest BCUT2D eigenvalue weighted by Crippen LogP contribution is 2.33. The lowest BCUT2D eigenvalue weighted by molar-refractivity contribution is 0.0686. The van der Waals surface area contributed by atoms with Crippen LogP contribution in [0.2, 0.25) is 0 Å². The lowest BCUT2D eigenvalue weighted by Gasteiger charge is -2.16. The molecule has 0 aromatic heterocycles. The molecule has 4 aromatic rings. The molecule has 2 N–H and O–H groups in total. The molecular weight excluding hydrogens is 464 g/mol. The number of carboxylic acids is 2. The maximum Gasteiger partial charge on any atom is 0.339 e. The zero-order valence-corrected chi connectivity index (χ0v) is 20.2. The van der Waals surface area contributed by atoms with Gasteiger partial charge in [-0.2, -0.15) is 0 Å². The number of benzene rings is 4. The highest BCUT2D eigenvalue weighted by Gasteiger charge is 2.22. The van der Waals surface area contributed by atoms with Crippen LogP contribution in [-0.2, 0) is 12.8 Å². The predicted molar refractivity (Wildman–Crippen MR) is 146 cm³/mol. The van der Waals surface area contributed by atoms with Crippen molar-refractivity contribution in [1.82, 2.24) is 0 Å². The van der Waals surface area contributed by atoms with E-state index in [1.54, 1.807) is 48.6 Å². The average Bonchev–Trinajstić information content (AvgIpc) is 2.89. The van der Waals surface area contributed by atoms with E-state index in [1.165, 1.54) is 0 Å². The minimum absolute atomic E-state index is 0.00273. The molecule has 0 aliphatic heterocycles. The second kappa shape index (κ2) is 11.2. The van der Waals surface area contributed by atoms with Gasteiger partial charge in [-0.05, 0) is 58.4 Å². The van der Waals surface area contributed by atoms with E-state index in [0.29, 0.717) is 24.0 Å². The molecule has 0 saturated heterocycles. The van der Waals surface area contributed by atoms with Crippen LogP contribution < -0.4 is 4.74 Å². The molecule has 0 heterocycles. The Labute approximate surface area is 215 Å². The van der Waals surface area contributed by atoms with Crippen molar-refractivity contribution in [2.75, 3.05) is 0 Å². The number of ether oxygens (including phenoxy) is 1. The molecule has 0 bridgehead atoms. The highest BCUT2D eigenvalue weighted by molar-refractivity contribution is 5.95. The van der Waals surface area contributed by atoms with Crippen molar-refractivity contribution >= 4 is 24.1 Å². The zero-order chi connectivity index (χ0) is 26.4. The van der Waals surface area contributed by atoms with Crippen molar-refractivity contribution in [3.05, 3.63) is 143 Å². The third kappa shape index (κ3) is 5.85. The molecule has 37 heavy (non-hydrogen) atoms. The Kier molecular flexibility index (Phi) is 7.65. The Balaban J connectivity index is 1.69. The second-order valence-electron chi connectivity index (χ2n) is 8.54. The van der Waals surface area contributed by atoms with Crippen LogP contribution in [0.4, 0.5) is 0 Å². The number of hydrogen-bond donors (Lipinski definition) is 2. The maximum absolute atomic E-state index is 12.3. The normalized spacial score (nSPS) is 10.5. The van der Waals surface area contributed by atoms with E-state index in [2.05, 4.69) is 13.2 Å². The van der Waals surface area contributed by atoms with E-state index in [0.717, 1.165) is 22.3 Å². The molecule has 0 unspecified atom stereocenters. The van der Waals surface area contributed by atoms with Gasteiger partial charge in [0.05, 0.1) is 0 Å². The molecule has 0 aliphatic carbocycles. The quantitative estimate of drug-likeness (QED) is 0.243. The van der Waals surface area contributed by atoms with Crippen LogP contribution in [-0.4, -0.2) is 22.2 Å². The SMILES string of the molecule is C=Cc1ccc(Cc2cccc(Oc3cccc(Cc4ccc(C=C)cc4)c3C(=O)O)c2C(=O)O)cc1. The Morgan fingerprint density at radius 2 is 1.00 bits per heavy atom. The average molecular weight is 491 g/mol. The summed E-state index contributed by atoms with van der Waals surface area (Å²) >= 11 is 0. The van der Waals surface area contributed by atoms with Crippen molar-refractivity contribution in [3.63, 3.8) is 0 Å². The van der Waals surface area contributed by atoms with E-state index in [4.69, 9.17) is 4.74 Å². The summed E-state index contributed by atoms with van der Waals surface area (Å²) in [5, 5.41) is 20.1. The van der Waals surface area contributed by atoms with Gasteiger partial charge in [0.1, 0.15) is 22.6 Å². The minimum Gasteiger partial charge on any atom is -0.478 e. The molecule has 4 aromatic carbocycles.